The molecular formula is C38H22N6. The van der Waals surface area contributed by atoms with Crippen molar-refractivity contribution in [1.82, 2.24) is 28.7 Å². The first-order chi connectivity index (χ1) is 21.8. The highest BCUT2D eigenvalue weighted by molar-refractivity contribution is 6.24. The first-order valence-electron chi connectivity index (χ1n) is 14.7. The molecule has 10 aromatic rings. The SMILES string of the molecule is c1ccc(-c2nc3nc(n2)n2c4ccccc4c4cccc(c5cnccc5c5cccc6c7ccccc7n3c56)c42)cc1. The average Bonchev–Trinajstić information content (AvgIpc) is 3.61. The van der Waals surface area contributed by atoms with Crippen molar-refractivity contribution < 1.29 is 0 Å². The van der Waals surface area contributed by atoms with Crippen LogP contribution in [0.5, 0.6) is 0 Å². The molecule has 0 aliphatic carbocycles. The molecule has 0 fully saturated rings. The molecule has 0 saturated carbocycles. The minimum atomic E-state index is 0.572. The maximum Gasteiger partial charge on any atom is 0.240 e. The number of rotatable bonds is 1. The van der Waals surface area contributed by atoms with E-state index in [2.05, 4.69) is 117 Å². The topological polar surface area (TPSA) is 60.4 Å². The van der Waals surface area contributed by atoms with Crippen molar-refractivity contribution in [2.75, 3.05) is 0 Å². The van der Waals surface area contributed by atoms with Gasteiger partial charge in [-0.05, 0) is 23.6 Å². The summed E-state index contributed by atoms with van der Waals surface area (Å²) in [5.74, 6) is 1.77. The van der Waals surface area contributed by atoms with Gasteiger partial charge in [-0.25, -0.2) is 0 Å². The second kappa shape index (κ2) is 8.69. The van der Waals surface area contributed by atoms with E-state index in [1.807, 2.05) is 30.6 Å². The summed E-state index contributed by atoms with van der Waals surface area (Å²) in [5, 5.41) is 8.90. The summed E-state index contributed by atoms with van der Waals surface area (Å²) in [6, 6.07) is 42.3. The molecule has 0 spiro atoms. The van der Waals surface area contributed by atoms with E-state index in [-0.39, 0.29) is 0 Å². The van der Waals surface area contributed by atoms with Crippen LogP contribution >= 0.6 is 0 Å². The van der Waals surface area contributed by atoms with E-state index in [4.69, 9.17) is 15.0 Å². The van der Waals surface area contributed by atoms with Gasteiger partial charge in [-0.1, -0.05) is 103 Å². The molecule has 44 heavy (non-hydrogen) atoms. The fourth-order valence-corrected chi connectivity index (χ4v) is 7.00. The van der Waals surface area contributed by atoms with E-state index in [1.165, 1.54) is 0 Å². The van der Waals surface area contributed by atoms with Gasteiger partial charge < -0.3 is 0 Å². The van der Waals surface area contributed by atoms with Gasteiger partial charge in [0.25, 0.3) is 0 Å². The molecule has 6 nitrogen and oxygen atoms in total. The number of nitrogens with zero attached hydrogens (tertiary/aromatic N) is 6. The molecule has 5 heterocycles. The molecule has 5 aromatic carbocycles. The fourth-order valence-electron chi connectivity index (χ4n) is 7.00. The number of hydrogen-bond donors (Lipinski definition) is 0. The molecule has 10 rings (SSSR count). The summed E-state index contributed by atoms with van der Waals surface area (Å²) < 4.78 is 4.41. The van der Waals surface area contributed by atoms with Crippen molar-refractivity contribution in [1.29, 1.82) is 0 Å². The van der Waals surface area contributed by atoms with Crippen molar-refractivity contribution in [3.63, 3.8) is 0 Å². The molecule has 0 aliphatic heterocycles. The average molecular weight is 563 g/mol. The molecule has 0 atom stereocenters. The molecule has 0 unspecified atom stereocenters. The lowest BCUT2D eigenvalue weighted by Crippen LogP contribution is -2.01. The van der Waals surface area contributed by atoms with Crippen LogP contribution in [0, 0.1) is 0 Å². The van der Waals surface area contributed by atoms with Crippen LogP contribution in [0.2, 0.25) is 0 Å². The van der Waals surface area contributed by atoms with Crippen LogP contribution in [0.4, 0.5) is 0 Å². The third-order valence-electron chi connectivity index (χ3n) is 8.83. The van der Waals surface area contributed by atoms with E-state index >= 15 is 0 Å². The van der Waals surface area contributed by atoms with Gasteiger partial charge in [0.05, 0.1) is 22.1 Å². The molecule has 5 aromatic heterocycles. The standard InChI is InChI=1S/C38H22N6/c1-2-10-23(11-3-1)36-40-37-42-38(41-36)44-33-19-7-5-13-26(33)29-16-9-17-30(35(29)44)31-22-39-21-20-24(31)27-14-8-15-28-25-12-4-6-18-32(25)43(37)34(27)28/h1-22H. The van der Waals surface area contributed by atoms with Crippen LogP contribution in [0.15, 0.2) is 134 Å². The molecule has 0 radical (unpaired) electrons. The summed E-state index contributed by atoms with van der Waals surface area (Å²) in [5.41, 5.74) is 5.11. The highest BCUT2D eigenvalue weighted by Crippen LogP contribution is 2.38. The molecule has 0 saturated heterocycles. The van der Waals surface area contributed by atoms with Crippen LogP contribution in [-0.2, 0) is 0 Å². The maximum atomic E-state index is 5.31. The van der Waals surface area contributed by atoms with E-state index in [9.17, 15) is 0 Å². The summed E-state index contributed by atoms with van der Waals surface area (Å²) in [6.07, 6.45) is 3.87. The predicted octanol–water partition coefficient (Wildman–Crippen LogP) is 8.92. The maximum absolute atomic E-state index is 5.31. The molecule has 0 amide bonds. The second-order valence-electron chi connectivity index (χ2n) is 11.2. The van der Waals surface area contributed by atoms with Crippen molar-refractivity contribution in [2.45, 2.75) is 0 Å². The lowest BCUT2D eigenvalue weighted by atomic mass is 10.0. The van der Waals surface area contributed by atoms with Gasteiger partial charge >= 0.3 is 0 Å². The summed E-state index contributed by atoms with van der Waals surface area (Å²) in [7, 11) is 0. The number of para-hydroxylation sites is 4. The Labute approximate surface area is 250 Å². The van der Waals surface area contributed by atoms with Gasteiger partial charge in [-0.15, -0.1) is 0 Å². The largest absolute Gasteiger partial charge is 0.277 e. The number of benzene rings is 5. The normalized spacial score (nSPS) is 12.1. The lowest BCUT2D eigenvalue weighted by Gasteiger charge is -2.05. The monoisotopic (exact) mass is 562 g/mol. The van der Waals surface area contributed by atoms with E-state index < -0.39 is 0 Å². The zero-order chi connectivity index (χ0) is 28.8. The predicted molar refractivity (Wildman–Crippen MR) is 179 cm³/mol. The Kier molecular flexibility index (Phi) is 4.63. The summed E-state index contributed by atoms with van der Waals surface area (Å²) >= 11 is 0. The Morgan fingerprint density at radius 1 is 0.386 bits per heavy atom. The number of pyridine rings is 1. The summed E-state index contributed by atoms with van der Waals surface area (Å²) in [4.78, 5) is 20.3. The van der Waals surface area contributed by atoms with Crippen LogP contribution in [0.25, 0.3) is 88.1 Å². The van der Waals surface area contributed by atoms with E-state index in [0.717, 1.165) is 70.7 Å². The smallest absolute Gasteiger partial charge is 0.240 e. The van der Waals surface area contributed by atoms with Gasteiger partial charge in [0.15, 0.2) is 5.82 Å². The van der Waals surface area contributed by atoms with Crippen LogP contribution in [-0.4, -0.2) is 28.7 Å². The van der Waals surface area contributed by atoms with E-state index in [0.29, 0.717) is 17.4 Å². The quantitative estimate of drug-likeness (QED) is 0.200. The molecule has 204 valence electrons. The minimum Gasteiger partial charge on any atom is -0.277 e. The van der Waals surface area contributed by atoms with Crippen molar-refractivity contribution >= 4 is 76.7 Å². The number of aromatic nitrogens is 6. The van der Waals surface area contributed by atoms with Crippen molar-refractivity contribution in [2.24, 2.45) is 0 Å². The van der Waals surface area contributed by atoms with Crippen molar-refractivity contribution in [3.8, 4) is 11.4 Å². The van der Waals surface area contributed by atoms with Gasteiger partial charge in [-0.3, -0.25) is 13.8 Å². The van der Waals surface area contributed by atoms with Crippen LogP contribution in [0.3, 0.4) is 0 Å². The van der Waals surface area contributed by atoms with Crippen molar-refractivity contribution in [3.05, 3.63) is 134 Å². The first-order valence-corrected chi connectivity index (χ1v) is 14.7. The number of hydrogen-bond acceptors (Lipinski definition) is 4. The molecule has 0 aliphatic rings. The Morgan fingerprint density at radius 3 is 1.50 bits per heavy atom. The zero-order valence-corrected chi connectivity index (χ0v) is 23.4. The van der Waals surface area contributed by atoms with Gasteiger partial charge in [0.2, 0.25) is 11.6 Å². The number of fused-ring (bicyclic) bond motifs is 13. The zero-order valence-electron chi connectivity index (χ0n) is 23.4. The Morgan fingerprint density at radius 2 is 0.886 bits per heavy atom. The second-order valence-corrected chi connectivity index (χ2v) is 11.2. The Balaban J connectivity index is 1.65. The van der Waals surface area contributed by atoms with Crippen LogP contribution < -0.4 is 0 Å². The van der Waals surface area contributed by atoms with Crippen LogP contribution in [0.1, 0.15) is 0 Å². The molecule has 0 N–H and O–H groups in total. The highest BCUT2D eigenvalue weighted by atomic mass is 15.2. The molecule has 2 bridgehead atoms. The lowest BCUT2D eigenvalue weighted by molar-refractivity contribution is 1.06. The molecular weight excluding hydrogens is 540 g/mol. The third-order valence-corrected chi connectivity index (χ3v) is 8.83. The van der Waals surface area contributed by atoms with Gasteiger partial charge in [0, 0.05) is 55.7 Å². The fraction of sp³-hybridized carbons (Fsp3) is 0. The van der Waals surface area contributed by atoms with Gasteiger partial charge in [0.1, 0.15) is 0 Å². The summed E-state index contributed by atoms with van der Waals surface area (Å²) in [6.45, 7) is 0. The Bertz CT molecular complexity index is 2660. The highest BCUT2D eigenvalue weighted by Gasteiger charge is 2.18. The third kappa shape index (κ3) is 3.08. The Hall–Kier alpha value is -6.14. The van der Waals surface area contributed by atoms with Gasteiger partial charge in [-0.2, -0.15) is 15.0 Å². The minimum absolute atomic E-state index is 0.572. The molecule has 6 heteroatoms. The first kappa shape index (κ1) is 23.4. The van der Waals surface area contributed by atoms with E-state index in [1.54, 1.807) is 0 Å².